The molecule has 5 heteroatoms. The first kappa shape index (κ1) is 10.1. The zero-order chi connectivity index (χ0) is 11.2. The lowest BCUT2D eigenvalue weighted by Crippen LogP contribution is -2.22. The number of hydrogen-bond donors (Lipinski definition) is 1. The summed E-state index contributed by atoms with van der Waals surface area (Å²) in [6, 6.07) is 1.98. The summed E-state index contributed by atoms with van der Waals surface area (Å²) in [7, 11) is 0. The predicted octanol–water partition coefficient (Wildman–Crippen LogP) is 1.81. The summed E-state index contributed by atoms with van der Waals surface area (Å²) in [5, 5.41) is 0.589. The molecular weight excluding hydrogens is 224 g/mol. The third kappa shape index (κ3) is 1.79. The Morgan fingerprint density at radius 1 is 1.50 bits per heavy atom. The van der Waals surface area contributed by atoms with E-state index in [4.69, 9.17) is 17.3 Å². The molecule has 0 atom stereocenters. The smallest absolute Gasteiger partial charge is 0.235 e. The van der Waals surface area contributed by atoms with E-state index in [1.807, 2.05) is 12.3 Å². The van der Waals surface area contributed by atoms with Crippen LogP contribution in [0.25, 0.3) is 5.78 Å². The Morgan fingerprint density at radius 2 is 2.31 bits per heavy atom. The van der Waals surface area contributed by atoms with E-state index < -0.39 is 0 Å². The third-order valence-electron chi connectivity index (χ3n) is 3.16. The van der Waals surface area contributed by atoms with Crippen LogP contribution in [0.3, 0.4) is 0 Å². The zero-order valence-corrected chi connectivity index (χ0v) is 9.61. The van der Waals surface area contributed by atoms with E-state index in [9.17, 15) is 0 Å². The quantitative estimate of drug-likeness (QED) is 0.884. The topological polar surface area (TPSA) is 56.2 Å². The van der Waals surface area contributed by atoms with Crippen LogP contribution in [0.5, 0.6) is 0 Å². The van der Waals surface area contributed by atoms with Gasteiger partial charge in [-0.1, -0.05) is 11.6 Å². The first-order valence-electron chi connectivity index (χ1n) is 5.44. The number of rotatable bonds is 3. The summed E-state index contributed by atoms with van der Waals surface area (Å²) in [6.07, 6.45) is 7.72. The molecule has 0 aromatic carbocycles. The minimum absolute atomic E-state index is 0.0842. The highest BCUT2D eigenvalue weighted by atomic mass is 35.5. The number of hydrogen-bond acceptors (Lipinski definition) is 3. The van der Waals surface area contributed by atoms with Crippen molar-refractivity contribution in [2.75, 3.05) is 0 Å². The SMILES string of the molecule is NC1(CCc2ccn3c(Cl)cnc3n2)CC1. The van der Waals surface area contributed by atoms with Crippen molar-refractivity contribution >= 4 is 17.4 Å². The normalized spacial score (nSPS) is 17.9. The fourth-order valence-electron chi connectivity index (χ4n) is 1.80. The van der Waals surface area contributed by atoms with Gasteiger partial charge in [-0.05, 0) is 31.7 Å². The number of imidazole rings is 1. The summed E-state index contributed by atoms with van der Waals surface area (Å²) in [4.78, 5) is 8.57. The Hall–Kier alpha value is -1.13. The molecule has 16 heavy (non-hydrogen) atoms. The Balaban J connectivity index is 1.82. The molecule has 2 aromatic heterocycles. The van der Waals surface area contributed by atoms with Gasteiger partial charge in [0.25, 0.3) is 0 Å². The first-order chi connectivity index (χ1) is 7.66. The maximum atomic E-state index is 6.04. The van der Waals surface area contributed by atoms with Crippen LogP contribution in [-0.4, -0.2) is 19.9 Å². The van der Waals surface area contributed by atoms with Crippen molar-refractivity contribution in [3.63, 3.8) is 0 Å². The van der Waals surface area contributed by atoms with E-state index >= 15 is 0 Å². The molecule has 1 fully saturated rings. The minimum Gasteiger partial charge on any atom is -0.325 e. The fraction of sp³-hybridized carbons (Fsp3) is 0.455. The van der Waals surface area contributed by atoms with Crippen LogP contribution in [0.1, 0.15) is 25.0 Å². The first-order valence-corrected chi connectivity index (χ1v) is 5.81. The van der Waals surface area contributed by atoms with Gasteiger partial charge in [0, 0.05) is 17.4 Å². The van der Waals surface area contributed by atoms with Crippen molar-refractivity contribution in [1.29, 1.82) is 0 Å². The van der Waals surface area contributed by atoms with E-state index in [1.165, 1.54) is 0 Å². The van der Waals surface area contributed by atoms with Gasteiger partial charge in [-0.15, -0.1) is 0 Å². The van der Waals surface area contributed by atoms with Gasteiger partial charge in [-0.2, -0.15) is 0 Å². The van der Waals surface area contributed by atoms with E-state index in [0.29, 0.717) is 10.9 Å². The molecule has 2 N–H and O–H groups in total. The van der Waals surface area contributed by atoms with Crippen molar-refractivity contribution < 1.29 is 0 Å². The van der Waals surface area contributed by atoms with Gasteiger partial charge in [-0.3, -0.25) is 4.40 Å². The van der Waals surface area contributed by atoms with Gasteiger partial charge in [0.15, 0.2) is 0 Å². The molecule has 0 spiro atoms. The molecule has 0 unspecified atom stereocenters. The highest BCUT2D eigenvalue weighted by Crippen LogP contribution is 2.36. The van der Waals surface area contributed by atoms with Gasteiger partial charge >= 0.3 is 0 Å². The second-order valence-corrected chi connectivity index (χ2v) is 4.92. The highest BCUT2D eigenvalue weighted by molar-refractivity contribution is 6.29. The molecule has 0 aliphatic heterocycles. The molecule has 0 saturated heterocycles. The maximum absolute atomic E-state index is 6.04. The minimum atomic E-state index is 0.0842. The largest absolute Gasteiger partial charge is 0.325 e. The van der Waals surface area contributed by atoms with Gasteiger partial charge < -0.3 is 5.73 Å². The third-order valence-corrected chi connectivity index (χ3v) is 3.44. The second-order valence-electron chi connectivity index (χ2n) is 4.53. The Labute approximate surface area is 98.5 Å². The number of aryl methyl sites for hydroxylation is 1. The van der Waals surface area contributed by atoms with Gasteiger partial charge in [0.2, 0.25) is 5.78 Å². The average Bonchev–Trinajstić information content (AvgIpc) is 2.91. The van der Waals surface area contributed by atoms with Crippen LogP contribution in [0.2, 0.25) is 5.15 Å². The second kappa shape index (κ2) is 3.43. The van der Waals surface area contributed by atoms with Crippen molar-refractivity contribution in [3.05, 3.63) is 29.3 Å². The maximum Gasteiger partial charge on any atom is 0.235 e. The summed E-state index contributed by atoms with van der Waals surface area (Å²) in [5.74, 6) is 0.657. The monoisotopic (exact) mass is 236 g/mol. The van der Waals surface area contributed by atoms with Crippen molar-refractivity contribution in [2.45, 2.75) is 31.2 Å². The fourth-order valence-corrected chi connectivity index (χ4v) is 1.99. The lowest BCUT2D eigenvalue weighted by molar-refractivity contribution is 0.603. The standard InChI is InChI=1S/C11H13ClN4/c12-9-7-14-10-15-8(2-6-16(9)10)1-3-11(13)4-5-11/h2,6-7H,1,3-5,13H2. The van der Waals surface area contributed by atoms with Crippen molar-refractivity contribution in [3.8, 4) is 0 Å². The zero-order valence-electron chi connectivity index (χ0n) is 8.86. The number of aromatic nitrogens is 3. The summed E-state index contributed by atoms with van der Waals surface area (Å²) >= 11 is 5.93. The Morgan fingerprint density at radius 3 is 3.06 bits per heavy atom. The van der Waals surface area contributed by atoms with Crippen LogP contribution in [0.4, 0.5) is 0 Å². The summed E-state index contributed by atoms with van der Waals surface area (Å²) in [6.45, 7) is 0. The van der Waals surface area contributed by atoms with Crippen molar-refractivity contribution in [1.82, 2.24) is 14.4 Å². The number of nitrogens with two attached hydrogens (primary N) is 1. The van der Waals surface area contributed by atoms with Crippen LogP contribution in [0.15, 0.2) is 18.5 Å². The molecule has 0 bridgehead atoms. The molecule has 0 radical (unpaired) electrons. The van der Waals surface area contributed by atoms with Gasteiger partial charge in [-0.25, -0.2) is 9.97 Å². The van der Waals surface area contributed by atoms with Crippen LogP contribution >= 0.6 is 11.6 Å². The Kier molecular flexibility index (Phi) is 2.16. The molecular formula is C11H13ClN4. The van der Waals surface area contributed by atoms with Crippen LogP contribution in [-0.2, 0) is 6.42 Å². The molecule has 1 aliphatic carbocycles. The summed E-state index contributed by atoms with van der Waals surface area (Å²) in [5.41, 5.74) is 7.16. The molecule has 1 saturated carbocycles. The van der Waals surface area contributed by atoms with Gasteiger partial charge in [0.05, 0.1) is 6.20 Å². The number of nitrogens with zero attached hydrogens (tertiary/aromatic N) is 3. The Bertz CT molecular complexity index is 530. The van der Waals surface area contributed by atoms with E-state index in [0.717, 1.165) is 31.4 Å². The highest BCUT2D eigenvalue weighted by Gasteiger charge is 2.37. The lowest BCUT2D eigenvalue weighted by atomic mass is 10.1. The lowest BCUT2D eigenvalue weighted by Gasteiger charge is -2.07. The number of fused-ring (bicyclic) bond motifs is 1. The molecule has 4 nitrogen and oxygen atoms in total. The van der Waals surface area contributed by atoms with E-state index in [1.54, 1.807) is 10.6 Å². The molecule has 3 rings (SSSR count). The number of halogens is 1. The van der Waals surface area contributed by atoms with E-state index in [2.05, 4.69) is 9.97 Å². The molecule has 84 valence electrons. The van der Waals surface area contributed by atoms with Gasteiger partial charge in [0.1, 0.15) is 5.15 Å². The average molecular weight is 237 g/mol. The van der Waals surface area contributed by atoms with Crippen LogP contribution in [0, 0.1) is 0 Å². The molecule has 0 amide bonds. The summed E-state index contributed by atoms with van der Waals surface area (Å²) < 4.78 is 1.76. The molecule has 2 heterocycles. The molecule has 2 aromatic rings. The van der Waals surface area contributed by atoms with E-state index in [-0.39, 0.29) is 5.54 Å². The van der Waals surface area contributed by atoms with Crippen LogP contribution < -0.4 is 5.73 Å². The molecule has 1 aliphatic rings. The van der Waals surface area contributed by atoms with Crippen molar-refractivity contribution in [2.24, 2.45) is 5.73 Å². The predicted molar refractivity (Wildman–Crippen MR) is 62.5 cm³/mol.